The molecule has 0 aromatic carbocycles. The van der Waals surface area contributed by atoms with Crippen LogP contribution >= 0.6 is 0 Å². The fourth-order valence-electron chi connectivity index (χ4n) is 8.37. The fourth-order valence-corrected chi connectivity index (χ4v) is 8.37. The van der Waals surface area contributed by atoms with Crippen molar-refractivity contribution in [2.75, 3.05) is 0 Å². The standard InChI is InChI=1S/C22H38.C21H36/c1-3-4-5-6-7-8-20-13-15-22(16-14-20)18-17-21-11-9-19(2)10-12-21;1-3-4-5-6-7-19-12-14-21(15-13-19)17-16-20-10-8-18(2)9-11-20/h19-22H,3-16H2,1-2H3;18-21H,3-15H2,1-2H3/t19-,20-,21-,22-;18-,19-,20-,21-. The van der Waals surface area contributed by atoms with Crippen molar-refractivity contribution >= 4 is 0 Å². The lowest BCUT2D eigenvalue weighted by Gasteiger charge is -2.26. The largest absolute Gasteiger partial charge is 0.0996 e. The van der Waals surface area contributed by atoms with Crippen molar-refractivity contribution < 1.29 is 0 Å². The summed E-state index contributed by atoms with van der Waals surface area (Å²) in [4.78, 5) is 0. The van der Waals surface area contributed by atoms with Crippen molar-refractivity contribution in [1.82, 2.24) is 0 Å². The van der Waals surface area contributed by atoms with Gasteiger partial charge in [0.05, 0.1) is 0 Å². The van der Waals surface area contributed by atoms with E-state index in [2.05, 4.69) is 51.4 Å². The van der Waals surface area contributed by atoms with Gasteiger partial charge in [0.2, 0.25) is 0 Å². The minimum Gasteiger partial charge on any atom is -0.0996 e. The second-order valence-electron chi connectivity index (χ2n) is 16.0. The molecular formula is C43H74. The molecular weight excluding hydrogens is 516 g/mol. The summed E-state index contributed by atoms with van der Waals surface area (Å²) < 4.78 is 0. The first-order valence-corrected chi connectivity index (χ1v) is 20.1. The number of unbranched alkanes of at least 4 members (excludes halogenated alkanes) is 7. The van der Waals surface area contributed by atoms with Crippen molar-refractivity contribution in [3.63, 3.8) is 0 Å². The molecule has 4 saturated carbocycles. The normalized spacial score (nSPS) is 32.7. The van der Waals surface area contributed by atoms with Crippen molar-refractivity contribution in [2.45, 2.75) is 201 Å². The van der Waals surface area contributed by atoms with Crippen LogP contribution in [-0.4, -0.2) is 0 Å². The third kappa shape index (κ3) is 16.3. The second kappa shape index (κ2) is 22.6. The van der Waals surface area contributed by atoms with Crippen LogP contribution in [0.3, 0.4) is 0 Å². The van der Waals surface area contributed by atoms with E-state index in [1.165, 1.54) is 173 Å². The van der Waals surface area contributed by atoms with Crippen LogP contribution in [0.2, 0.25) is 0 Å². The zero-order valence-electron chi connectivity index (χ0n) is 29.7. The molecule has 0 aromatic heterocycles. The Kier molecular flexibility index (Phi) is 19.2. The Labute approximate surface area is 271 Å². The van der Waals surface area contributed by atoms with E-state index in [-0.39, 0.29) is 0 Å². The molecule has 0 amide bonds. The SMILES string of the molecule is CCCCCCC[C@H]1CC[C@H](C#C[C@H]2CC[C@H](C)CC2)CC1.CCCCCC[C@H]1CC[C@H](C#C[C@H]2CC[C@H](C)CC2)CC1. The highest BCUT2D eigenvalue weighted by atomic mass is 14.3. The van der Waals surface area contributed by atoms with Gasteiger partial charge in [-0.1, -0.05) is 122 Å². The van der Waals surface area contributed by atoms with Crippen molar-refractivity contribution in [2.24, 2.45) is 47.3 Å². The molecule has 0 atom stereocenters. The van der Waals surface area contributed by atoms with Crippen LogP contribution in [0.15, 0.2) is 0 Å². The summed E-state index contributed by atoms with van der Waals surface area (Å²) in [6.07, 6.45) is 38.3. The topological polar surface area (TPSA) is 0 Å². The van der Waals surface area contributed by atoms with E-state index in [0.717, 1.165) is 47.3 Å². The van der Waals surface area contributed by atoms with Gasteiger partial charge in [-0.05, 0) is 126 Å². The molecule has 0 radical (unpaired) electrons. The average Bonchev–Trinajstić information content (AvgIpc) is 3.04. The molecule has 0 nitrogen and oxygen atoms in total. The van der Waals surface area contributed by atoms with Gasteiger partial charge < -0.3 is 0 Å². The molecule has 0 N–H and O–H groups in total. The summed E-state index contributed by atoms with van der Waals surface area (Å²) in [6, 6.07) is 0. The third-order valence-electron chi connectivity index (χ3n) is 11.9. The molecule has 4 fully saturated rings. The predicted octanol–water partition coefficient (Wildman–Crippen LogP) is 13.6. The van der Waals surface area contributed by atoms with Crippen LogP contribution in [0.5, 0.6) is 0 Å². The fraction of sp³-hybridized carbons (Fsp3) is 0.907. The molecule has 4 rings (SSSR count). The van der Waals surface area contributed by atoms with E-state index in [9.17, 15) is 0 Å². The lowest BCUT2D eigenvalue weighted by molar-refractivity contribution is 0.293. The van der Waals surface area contributed by atoms with Gasteiger partial charge in [0, 0.05) is 23.7 Å². The first-order chi connectivity index (χ1) is 21.1. The average molecular weight is 591 g/mol. The third-order valence-corrected chi connectivity index (χ3v) is 11.9. The Morgan fingerprint density at radius 3 is 0.953 bits per heavy atom. The molecule has 246 valence electrons. The highest BCUT2D eigenvalue weighted by Crippen LogP contribution is 2.34. The smallest absolute Gasteiger partial charge is 0.0203 e. The molecule has 0 aromatic rings. The summed E-state index contributed by atoms with van der Waals surface area (Å²) in [5.74, 6) is 21.5. The lowest BCUT2D eigenvalue weighted by atomic mass is 9.79. The number of rotatable bonds is 11. The Morgan fingerprint density at radius 2 is 0.628 bits per heavy atom. The predicted molar refractivity (Wildman–Crippen MR) is 191 cm³/mol. The molecule has 0 unspecified atom stereocenters. The van der Waals surface area contributed by atoms with Crippen LogP contribution in [0.1, 0.15) is 201 Å². The van der Waals surface area contributed by atoms with E-state index in [4.69, 9.17) is 0 Å². The van der Waals surface area contributed by atoms with Crippen molar-refractivity contribution in [3.05, 3.63) is 0 Å². The minimum absolute atomic E-state index is 0.729. The van der Waals surface area contributed by atoms with Crippen LogP contribution in [-0.2, 0) is 0 Å². The molecule has 4 aliphatic carbocycles. The van der Waals surface area contributed by atoms with Crippen LogP contribution in [0, 0.1) is 71.0 Å². The van der Waals surface area contributed by atoms with Crippen LogP contribution in [0.25, 0.3) is 0 Å². The molecule has 43 heavy (non-hydrogen) atoms. The molecule has 0 aliphatic heterocycles. The first-order valence-electron chi connectivity index (χ1n) is 20.1. The van der Waals surface area contributed by atoms with Crippen LogP contribution in [0.4, 0.5) is 0 Å². The molecule has 0 saturated heterocycles. The van der Waals surface area contributed by atoms with Crippen molar-refractivity contribution in [1.29, 1.82) is 0 Å². The van der Waals surface area contributed by atoms with E-state index in [1.54, 1.807) is 0 Å². The highest BCUT2D eigenvalue weighted by Gasteiger charge is 2.22. The van der Waals surface area contributed by atoms with E-state index < -0.39 is 0 Å². The quantitative estimate of drug-likeness (QED) is 0.166. The van der Waals surface area contributed by atoms with Gasteiger partial charge >= 0.3 is 0 Å². The maximum absolute atomic E-state index is 3.66. The zero-order valence-corrected chi connectivity index (χ0v) is 29.7. The Bertz CT molecular complexity index is 782. The lowest BCUT2D eigenvalue weighted by Crippen LogP contribution is -2.14. The van der Waals surface area contributed by atoms with Gasteiger partial charge in [-0.2, -0.15) is 0 Å². The number of hydrogen-bond acceptors (Lipinski definition) is 0. The molecule has 0 spiro atoms. The summed E-state index contributed by atoms with van der Waals surface area (Å²) in [5, 5.41) is 0. The van der Waals surface area contributed by atoms with Gasteiger partial charge in [-0.25, -0.2) is 0 Å². The maximum atomic E-state index is 3.66. The van der Waals surface area contributed by atoms with Crippen LogP contribution < -0.4 is 0 Å². The molecule has 0 heteroatoms. The Hall–Kier alpha value is -0.880. The van der Waals surface area contributed by atoms with Gasteiger partial charge in [0.1, 0.15) is 0 Å². The molecule has 4 aliphatic rings. The summed E-state index contributed by atoms with van der Waals surface area (Å²) in [5.41, 5.74) is 0. The van der Waals surface area contributed by atoms with Gasteiger partial charge in [-0.3, -0.25) is 0 Å². The van der Waals surface area contributed by atoms with Gasteiger partial charge in [-0.15, -0.1) is 0 Å². The van der Waals surface area contributed by atoms with Crippen molar-refractivity contribution in [3.8, 4) is 23.7 Å². The minimum atomic E-state index is 0.729. The summed E-state index contributed by atoms with van der Waals surface area (Å²) in [7, 11) is 0. The maximum Gasteiger partial charge on any atom is 0.0203 e. The summed E-state index contributed by atoms with van der Waals surface area (Å²) in [6.45, 7) is 9.39. The van der Waals surface area contributed by atoms with Gasteiger partial charge in [0.25, 0.3) is 0 Å². The Balaban J connectivity index is 0.000000236. The second-order valence-corrected chi connectivity index (χ2v) is 16.0. The zero-order chi connectivity index (χ0) is 30.5. The highest BCUT2D eigenvalue weighted by molar-refractivity contribution is 5.10. The monoisotopic (exact) mass is 591 g/mol. The molecule has 0 heterocycles. The molecule has 0 bridgehead atoms. The summed E-state index contributed by atoms with van der Waals surface area (Å²) >= 11 is 0. The van der Waals surface area contributed by atoms with E-state index in [0.29, 0.717) is 0 Å². The van der Waals surface area contributed by atoms with E-state index >= 15 is 0 Å². The van der Waals surface area contributed by atoms with Gasteiger partial charge in [0.15, 0.2) is 0 Å². The first kappa shape index (κ1) is 36.6. The Morgan fingerprint density at radius 1 is 0.349 bits per heavy atom. The number of hydrogen-bond donors (Lipinski definition) is 0. The van der Waals surface area contributed by atoms with E-state index in [1.807, 2.05) is 0 Å².